The van der Waals surface area contributed by atoms with E-state index in [1.807, 2.05) is 76.2 Å². The van der Waals surface area contributed by atoms with E-state index in [1.54, 1.807) is 11.3 Å². The molecule has 3 heterocycles. The maximum Gasteiger partial charge on any atom is 0.308 e. The highest BCUT2D eigenvalue weighted by atomic mass is 32.1. The number of nitrogens with zero attached hydrogens (tertiary/aromatic N) is 5. The second-order valence-electron chi connectivity index (χ2n) is 11.9. The van der Waals surface area contributed by atoms with Crippen molar-refractivity contribution in [3.05, 3.63) is 129 Å². The van der Waals surface area contributed by atoms with Crippen molar-refractivity contribution < 1.29 is 9.53 Å². The molecule has 0 fully saturated rings. The molecule has 0 unspecified atom stereocenters. The molecule has 6 rings (SSSR count). The van der Waals surface area contributed by atoms with Crippen molar-refractivity contribution in [1.82, 2.24) is 14.8 Å². The topological polar surface area (TPSA) is 81.7 Å². The lowest BCUT2D eigenvalue weighted by Gasteiger charge is -2.21. The summed E-state index contributed by atoms with van der Waals surface area (Å²) in [4.78, 5) is 24.6. The van der Waals surface area contributed by atoms with Crippen LogP contribution in [0.4, 0.5) is 5.69 Å². The Hall–Kier alpha value is -4.69. The van der Waals surface area contributed by atoms with Crippen LogP contribution in [0.25, 0.3) is 5.00 Å². The summed E-state index contributed by atoms with van der Waals surface area (Å²) in [5.74, 6) is 1.07. The third-order valence-corrected chi connectivity index (χ3v) is 8.69. The normalized spacial score (nSPS) is 14.2. The highest BCUT2D eigenvalue weighted by Crippen LogP contribution is 2.40. The molecular weight excluding hydrogens is 566 g/mol. The molecule has 1 aliphatic rings. The fraction of sp³-hybridized carbons (Fsp3) is 0.250. The number of aryl methyl sites for hydroxylation is 2. The lowest BCUT2D eigenvalue weighted by Crippen LogP contribution is -2.25. The van der Waals surface area contributed by atoms with Gasteiger partial charge in [0.25, 0.3) is 0 Å². The fourth-order valence-electron chi connectivity index (χ4n) is 5.38. The van der Waals surface area contributed by atoms with Crippen molar-refractivity contribution in [3.8, 4) is 5.00 Å². The number of carbonyl (C=O) groups excluding carboxylic acids is 1. The molecule has 2 aromatic heterocycles. The average Bonchev–Trinajstić information content (AvgIpc) is 3.48. The molecule has 3 aromatic carbocycles. The number of hydrogen-bond acceptors (Lipinski definition) is 7. The van der Waals surface area contributed by atoms with Crippen LogP contribution in [-0.2, 0) is 9.53 Å². The molecule has 1 atom stereocenters. The zero-order valence-corrected chi connectivity index (χ0v) is 26.6. The lowest BCUT2D eigenvalue weighted by atomic mass is 9.99. The summed E-state index contributed by atoms with van der Waals surface area (Å²) in [5.41, 5.74) is 7.19. The third kappa shape index (κ3) is 5.90. The van der Waals surface area contributed by atoms with Gasteiger partial charge in [-0.25, -0.2) is 4.99 Å². The van der Waals surface area contributed by atoms with E-state index < -0.39 is 11.6 Å². The molecule has 8 heteroatoms. The van der Waals surface area contributed by atoms with E-state index in [1.165, 1.54) is 4.88 Å². The zero-order chi connectivity index (χ0) is 31.0. The molecule has 1 aliphatic heterocycles. The summed E-state index contributed by atoms with van der Waals surface area (Å²) in [6, 6.07) is 28.1. The first kappa shape index (κ1) is 29.4. The lowest BCUT2D eigenvalue weighted by molar-refractivity contribution is -0.155. The van der Waals surface area contributed by atoms with Crippen LogP contribution in [0.3, 0.4) is 0 Å². The van der Waals surface area contributed by atoms with E-state index in [0.717, 1.165) is 55.8 Å². The molecule has 0 aliphatic carbocycles. The highest BCUT2D eigenvalue weighted by molar-refractivity contribution is 7.15. The third-order valence-electron chi connectivity index (χ3n) is 7.50. The maximum absolute atomic E-state index is 13.1. The molecular formula is C36H35N5O2S. The van der Waals surface area contributed by atoms with E-state index in [4.69, 9.17) is 14.7 Å². The summed E-state index contributed by atoms with van der Waals surface area (Å²) in [6.45, 7) is 11.8. The standard InChI is InChI=1S/C36H35N5O2S/c1-22-23(2)44-35-31(22)33(38-29(21-30(42)43-36(4,5)6)34-40-39-24(3)41(34)35)27-17-19-28(20-18-27)37-32(25-13-9-7-10-14-25)26-15-11-8-12-16-26/h7-20,29H,21H2,1-6H3/t29-/m0/s1. The number of ether oxygens (including phenoxy) is 1. The minimum Gasteiger partial charge on any atom is -0.460 e. The zero-order valence-electron chi connectivity index (χ0n) is 25.8. The van der Waals surface area contributed by atoms with Crippen LogP contribution < -0.4 is 0 Å². The molecule has 0 bridgehead atoms. The second kappa shape index (κ2) is 11.8. The van der Waals surface area contributed by atoms with Crippen LogP contribution in [0, 0.1) is 20.8 Å². The predicted octanol–water partition coefficient (Wildman–Crippen LogP) is 8.05. The number of fused-ring (bicyclic) bond motifs is 3. The van der Waals surface area contributed by atoms with Crippen molar-refractivity contribution in [1.29, 1.82) is 0 Å². The minimum absolute atomic E-state index is 0.0613. The maximum atomic E-state index is 13.1. The van der Waals surface area contributed by atoms with Crippen LogP contribution in [0.1, 0.15) is 77.6 Å². The Morgan fingerprint density at radius 2 is 1.50 bits per heavy atom. The first-order valence-corrected chi connectivity index (χ1v) is 15.5. The van der Waals surface area contributed by atoms with Crippen LogP contribution in [-0.4, -0.2) is 37.8 Å². The number of aliphatic imine (C=N–C) groups is 2. The monoisotopic (exact) mass is 601 g/mol. The smallest absolute Gasteiger partial charge is 0.308 e. The number of carbonyl (C=O) groups is 1. The SMILES string of the molecule is Cc1sc2c(c1C)C(c1ccc(N=C(c3ccccc3)c3ccccc3)cc1)=N[C@@H](CC(=O)OC(C)(C)C)c1nnc(C)n1-2. The molecule has 0 spiro atoms. The van der Waals surface area contributed by atoms with Gasteiger partial charge in [-0.3, -0.25) is 14.4 Å². The number of hydrogen-bond donors (Lipinski definition) is 0. The van der Waals surface area contributed by atoms with E-state index in [2.05, 4.69) is 65.0 Å². The Kier molecular flexibility index (Phi) is 7.86. The van der Waals surface area contributed by atoms with Gasteiger partial charge in [-0.05, 0) is 59.2 Å². The van der Waals surface area contributed by atoms with Crippen molar-refractivity contribution >= 4 is 34.4 Å². The van der Waals surface area contributed by atoms with Crippen LogP contribution in [0.15, 0.2) is 94.9 Å². The molecule has 0 saturated heterocycles. The fourth-order valence-corrected chi connectivity index (χ4v) is 6.59. The van der Waals surface area contributed by atoms with Crippen LogP contribution >= 0.6 is 11.3 Å². The van der Waals surface area contributed by atoms with E-state index >= 15 is 0 Å². The Labute approximate surface area is 262 Å². The molecule has 0 radical (unpaired) electrons. The predicted molar refractivity (Wildman–Crippen MR) is 177 cm³/mol. The number of aromatic nitrogens is 3. The first-order chi connectivity index (χ1) is 21.1. The Morgan fingerprint density at radius 1 is 0.886 bits per heavy atom. The summed E-state index contributed by atoms with van der Waals surface area (Å²) in [5, 5.41) is 9.90. The van der Waals surface area contributed by atoms with Gasteiger partial charge < -0.3 is 4.74 Å². The number of rotatable bonds is 6. The number of thiophene rings is 1. The van der Waals surface area contributed by atoms with Crippen molar-refractivity contribution in [2.24, 2.45) is 9.98 Å². The average molecular weight is 602 g/mol. The van der Waals surface area contributed by atoms with E-state index in [9.17, 15) is 4.79 Å². The number of esters is 1. The van der Waals surface area contributed by atoms with Gasteiger partial charge in [0, 0.05) is 27.1 Å². The van der Waals surface area contributed by atoms with Gasteiger partial charge in [-0.2, -0.15) is 0 Å². The van der Waals surface area contributed by atoms with E-state index in [-0.39, 0.29) is 12.4 Å². The van der Waals surface area contributed by atoms with Gasteiger partial charge in [-0.1, -0.05) is 72.8 Å². The van der Waals surface area contributed by atoms with Gasteiger partial charge in [-0.15, -0.1) is 21.5 Å². The quantitative estimate of drug-likeness (QED) is 0.146. The molecule has 0 saturated carbocycles. The van der Waals surface area contributed by atoms with Crippen LogP contribution in [0.5, 0.6) is 0 Å². The van der Waals surface area contributed by atoms with Crippen molar-refractivity contribution in [2.75, 3.05) is 0 Å². The minimum atomic E-state index is -0.598. The molecule has 0 N–H and O–H groups in total. The second-order valence-corrected chi connectivity index (χ2v) is 13.1. The summed E-state index contributed by atoms with van der Waals surface area (Å²) >= 11 is 1.69. The van der Waals surface area contributed by atoms with E-state index in [0.29, 0.717) is 5.82 Å². The van der Waals surface area contributed by atoms with Crippen LogP contribution in [0.2, 0.25) is 0 Å². The molecule has 222 valence electrons. The van der Waals surface area contributed by atoms with Gasteiger partial charge in [0.05, 0.1) is 23.5 Å². The largest absolute Gasteiger partial charge is 0.460 e. The Morgan fingerprint density at radius 3 is 2.09 bits per heavy atom. The summed E-state index contributed by atoms with van der Waals surface area (Å²) < 4.78 is 7.75. The molecule has 5 aromatic rings. The summed E-state index contributed by atoms with van der Waals surface area (Å²) in [7, 11) is 0. The van der Waals surface area contributed by atoms with Gasteiger partial charge in [0.2, 0.25) is 0 Å². The van der Waals surface area contributed by atoms with Crippen molar-refractivity contribution in [2.45, 2.75) is 59.6 Å². The Bertz CT molecular complexity index is 1840. The number of benzene rings is 3. The first-order valence-electron chi connectivity index (χ1n) is 14.7. The van der Waals surface area contributed by atoms with Gasteiger partial charge >= 0.3 is 5.97 Å². The van der Waals surface area contributed by atoms with Crippen molar-refractivity contribution in [3.63, 3.8) is 0 Å². The Balaban J connectivity index is 1.45. The molecule has 44 heavy (non-hydrogen) atoms. The highest BCUT2D eigenvalue weighted by Gasteiger charge is 2.33. The molecule has 7 nitrogen and oxygen atoms in total. The molecule has 0 amide bonds. The van der Waals surface area contributed by atoms with Gasteiger partial charge in [0.15, 0.2) is 5.82 Å². The van der Waals surface area contributed by atoms with Gasteiger partial charge in [0.1, 0.15) is 22.5 Å². The summed E-state index contributed by atoms with van der Waals surface area (Å²) in [6.07, 6.45) is 0.0613.